The Morgan fingerprint density at radius 2 is 1.59 bits per heavy atom. The van der Waals surface area contributed by atoms with Crippen molar-refractivity contribution in [2.24, 2.45) is 0 Å². The summed E-state index contributed by atoms with van der Waals surface area (Å²) in [6, 6.07) is 14.0. The van der Waals surface area contributed by atoms with Gasteiger partial charge in [0.25, 0.3) is 0 Å². The zero-order chi connectivity index (χ0) is 19.5. The highest BCUT2D eigenvalue weighted by atomic mass is 16.5. The van der Waals surface area contributed by atoms with Crippen molar-refractivity contribution in [1.29, 1.82) is 0 Å². The van der Waals surface area contributed by atoms with Gasteiger partial charge in [0, 0.05) is 6.08 Å². The molecule has 144 valence electrons. The molecule has 0 bridgehead atoms. The molecule has 2 aromatic carbocycles. The highest BCUT2D eigenvalue weighted by molar-refractivity contribution is 5.87. The second-order valence-corrected chi connectivity index (χ2v) is 6.07. The van der Waals surface area contributed by atoms with E-state index in [-0.39, 0.29) is 5.97 Å². The highest BCUT2D eigenvalue weighted by Gasteiger charge is 2.08. The summed E-state index contributed by atoms with van der Waals surface area (Å²) in [5.41, 5.74) is 3.02. The molecular formula is C23H28O4. The van der Waals surface area contributed by atoms with Gasteiger partial charge < -0.3 is 14.2 Å². The molecular weight excluding hydrogens is 340 g/mol. The molecule has 0 aliphatic heterocycles. The molecule has 4 nitrogen and oxygen atoms in total. The normalized spacial score (nSPS) is 10.8. The topological polar surface area (TPSA) is 44.8 Å². The van der Waals surface area contributed by atoms with Crippen LogP contribution in [-0.2, 0) is 9.53 Å². The number of esters is 1. The van der Waals surface area contributed by atoms with Crippen LogP contribution in [0.4, 0.5) is 0 Å². The van der Waals surface area contributed by atoms with Gasteiger partial charge in [-0.25, -0.2) is 4.79 Å². The zero-order valence-electron chi connectivity index (χ0n) is 16.4. The molecule has 27 heavy (non-hydrogen) atoms. The third kappa shape index (κ3) is 6.48. The molecule has 0 atom stereocenters. The van der Waals surface area contributed by atoms with Crippen molar-refractivity contribution in [1.82, 2.24) is 0 Å². The van der Waals surface area contributed by atoms with Crippen molar-refractivity contribution in [2.45, 2.75) is 33.6 Å². The van der Waals surface area contributed by atoms with Crippen LogP contribution in [0.2, 0.25) is 0 Å². The molecule has 0 heterocycles. The van der Waals surface area contributed by atoms with Crippen molar-refractivity contribution in [2.75, 3.05) is 19.8 Å². The Kier molecular flexibility index (Phi) is 8.43. The summed E-state index contributed by atoms with van der Waals surface area (Å²) in [4.78, 5) is 11.5. The van der Waals surface area contributed by atoms with Crippen LogP contribution in [0.15, 0.2) is 48.5 Å². The van der Waals surface area contributed by atoms with Crippen molar-refractivity contribution < 1.29 is 19.0 Å². The molecule has 0 fully saturated rings. The Bertz CT molecular complexity index is 765. The van der Waals surface area contributed by atoms with E-state index >= 15 is 0 Å². The average molecular weight is 368 g/mol. The van der Waals surface area contributed by atoms with E-state index in [0.29, 0.717) is 19.8 Å². The Morgan fingerprint density at radius 3 is 2.30 bits per heavy atom. The third-order valence-corrected chi connectivity index (χ3v) is 3.79. The lowest BCUT2D eigenvalue weighted by Crippen LogP contribution is -2.01. The average Bonchev–Trinajstić information content (AvgIpc) is 2.70. The molecule has 0 N–H and O–H groups in total. The van der Waals surface area contributed by atoms with Gasteiger partial charge in [-0.2, -0.15) is 0 Å². The second kappa shape index (κ2) is 11.1. The van der Waals surface area contributed by atoms with Gasteiger partial charge in [0.1, 0.15) is 0 Å². The Labute approximate surface area is 161 Å². The number of carbonyl (C=O) groups excluding carboxylic acids is 1. The molecule has 0 aliphatic carbocycles. The highest BCUT2D eigenvalue weighted by Crippen LogP contribution is 2.33. The van der Waals surface area contributed by atoms with E-state index in [1.807, 2.05) is 42.5 Å². The first kappa shape index (κ1) is 20.6. The summed E-state index contributed by atoms with van der Waals surface area (Å²) in [6.45, 7) is 7.63. The summed E-state index contributed by atoms with van der Waals surface area (Å²) in [5, 5.41) is 0. The SMILES string of the molecule is CCCOc1ccc(-c2cccc(C=CC(=O)OCC)c2)cc1OCCC. The lowest BCUT2D eigenvalue weighted by atomic mass is 10.0. The summed E-state index contributed by atoms with van der Waals surface area (Å²) in [6.07, 6.45) is 5.09. The Morgan fingerprint density at radius 1 is 0.889 bits per heavy atom. The minimum absolute atomic E-state index is 0.337. The predicted octanol–water partition coefficient (Wildman–Crippen LogP) is 5.51. The van der Waals surface area contributed by atoms with Gasteiger partial charge in [-0.05, 0) is 60.7 Å². The molecule has 0 unspecified atom stereocenters. The van der Waals surface area contributed by atoms with E-state index in [2.05, 4.69) is 13.8 Å². The first-order valence-electron chi connectivity index (χ1n) is 9.52. The number of carbonyl (C=O) groups is 1. The third-order valence-electron chi connectivity index (χ3n) is 3.79. The summed E-state index contributed by atoms with van der Waals surface area (Å²) >= 11 is 0. The van der Waals surface area contributed by atoms with Crippen molar-refractivity contribution in [3.8, 4) is 22.6 Å². The summed E-state index contributed by atoms with van der Waals surface area (Å²) in [5.74, 6) is 1.19. The van der Waals surface area contributed by atoms with Crippen LogP contribution < -0.4 is 9.47 Å². The maximum atomic E-state index is 11.5. The molecule has 0 aliphatic rings. The maximum absolute atomic E-state index is 11.5. The van der Waals surface area contributed by atoms with Gasteiger partial charge in [0.15, 0.2) is 11.5 Å². The maximum Gasteiger partial charge on any atom is 0.330 e. The fraction of sp³-hybridized carbons (Fsp3) is 0.348. The summed E-state index contributed by atoms with van der Waals surface area (Å²) in [7, 11) is 0. The lowest BCUT2D eigenvalue weighted by molar-refractivity contribution is -0.137. The molecule has 2 rings (SSSR count). The fourth-order valence-corrected chi connectivity index (χ4v) is 2.52. The van der Waals surface area contributed by atoms with Crippen molar-refractivity contribution >= 4 is 12.0 Å². The van der Waals surface area contributed by atoms with Crippen LogP contribution in [0, 0.1) is 0 Å². The van der Waals surface area contributed by atoms with E-state index in [1.165, 1.54) is 6.08 Å². The Hall–Kier alpha value is -2.75. The van der Waals surface area contributed by atoms with Gasteiger partial charge in [-0.3, -0.25) is 0 Å². The van der Waals surface area contributed by atoms with E-state index in [9.17, 15) is 4.79 Å². The lowest BCUT2D eigenvalue weighted by Gasteiger charge is -2.14. The monoisotopic (exact) mass is 368 g/mol. The molecule has 0 aromatic heterocycles. The largest absolute Gasteiger partial charge is 0.490 e. The number of hydrogen-bond acceptors (Lipinski definition) is 4. The van der Waals surface area contributed by atoms with Crippen LogP contribution in [0.1, 0.15) is 39.2 Å². The van der Waals surface area contributed by atoms with Crippen molar-refractivity contribution in [3.05, 3.63) is 54.1 Å². The van der Waals surface area contributed by atoms with Gasteiger partial charge in [0.05, 0.1) is 19.8 Å². The van der Waals surface area contributed by atoms with E-state index in [1.54, 1.807) is 13.0 Å². The number of rotatable bonds is 10. The van der Waals surface area contributed by atoms with Crippen molar-refractivity contribution in [3.63, 3.8) is 0 Å². The van der Waals surface area contributed by atoms with Gasteiger partial charge >= 0.3 is 5.97 Å². The van der Waals surface area contributed by atoms with Gasteiger partial charge in [-0.1, -0.05) is 38.1 Å². The van der Waals surface area contributed by atoms with Crippen LogP contribution in [0.5, 0.6) is 11.5 Å². The first-order valence-corrected chi connectivity index (χ1v) is 9.52. The Balaban J connectivity index is 2.26. The van der Waals surface area contributed by atoms with E-state index in [4.69, 9.17) is 14.2 Å². The molecule has 0 saturated heterocycles. The minimum atomic E-state index is -0.337. The zero-order valence-corrected chi connectivity index (χ0v) is 16.4. The smallest absolute Gasteiger partial charge is 0.330 e. The quantitative estimate of drug-likeness (QED) is 0.410. The standard InChI is InChI=1S/C23H28O4/c1-4-14-26-21-12-11-20(17-22(21)27-15-5-2)19-9-7-8-18(16-19)10-13-23(24)25-6-3/h7-13,16-17H,4-6,14-15H2,1-3H3. The molecule has 0 spiro atoms. The second-order valence-electron chi connectivity index (χ2n) is 6.07. The van der Waals surface area contributed by atoms with Crippen LogP contribution in [0.3, 0.4) is 0 Å². The van der Waals surface area contributed by atoms with E-state index in [0.717, 1.165) is 41.0 Å². The van der Waals surface area contributed by atoms with Crippen LogP contribution in [-0.4, -0.2) is 25.8 Å². The fourth-order valence-electron chi connectivity index (χ4n) is 2.52. The number of ether oxygens (including phenoxy) is 3. The van der Waals surface area contributed by atoms with Gasteiger partial charge in [-0.15, -0.1) is 0 Å². The number of benzene rings is 2. The van der Waals surface area contributed by atoms with Gasteiger partial charge in [0.2, 0.25) is 0 Å². The first-order chi connectivity index (χ1) is 13.2. The molecule has 2 aromatic rings. The van der Waals surface area contributed by atoms with E-state index < -0.39 is 0 Å². The van der Waals surface area contributed by atoms with Crippen LogP contribution >= 0.6 is 0 Å². The predicted molar refractivity (Wildman–Crippen MR) is 109 cm³/mol. The molecule has 4 heteroatoms. The molecule has 0 radical (unpaired) electrons. The summed E-state index contributed by atoms with van der Waals surface area (Å²) < 4.78 is 16.6. The number of hydrogen-bond donors (Lipinski definition) is 0. The van der Waals surface area contributed by atoms with Crippen LogP contribution in [0.25, 0.3) is 17.2 Å². The molecule has 0 amide bonds. The minimum Gasteiger partial charge on any atom is -0.490 e. The molecule has 0 saturated carbocycles.